The molecule has 27 heavy (non-hydrogen) atoms. The first-order valence-electron chi connectivity index (χ1n) is 7.66. The minimum atomic E-state index is -4.49. The van der Waals surface area contributed by atoms with E-state index in [1.54, 1.807) is 0 Å². The SMILES string of the molecule is Cc1nc(CN2Cc3c(ccnc3C(=O)[O-])C2=O)cnc1OCC(F)(F)F. The zero-order valence-electron chi connectivity index (χ0n) is 13.9. The van der Waals surface area contributed by atoms with Crippen LogP contribution in [0.1, 0.15) is 37.8 Å². The van der Waals surface area contributed by atoms with Crippen molar-refractivity contribution in [1.82, 2.24) is 19.9 Å². The number of aromatic nitrogens is 3. The van der Waals surface area contributed by atoms with Crippen molar-refractivity contribution in [2.45, 2.75) is 26.2 Å². The number of alkyl halides is 3. The molecule has 8 nitrogen and oxygen atoms in total. The van der Waals surface area contributed by atoms with E-state index in [1.165, 1.54) is 30.3 Å². The average Bonchev–Trinajstić information content (AvgIpc) is 2.89. The van der Waals surface area contributed by atoms with E-state index >= 15 is 0 Å². The molecule has 0 spiro atoms. The van der Waals surface area contributed by atoms with Crippen LogP contribution in [0.5, 0.6) is 5.88 Å². The third-order valence-corrected chi connectivity index (χ3v) is 3.79. The molecule has 0 atom stereocenters. The molecule has 11 heteroatoms. The van der Waals surface area contributed by atoms with E-state index in [2.05, 4.69) is 19.7 Å². The van der Waals surface area contributed by atoms with Gasteiger partial charge in [-0.1, -0.05) is 0 Å². The van der Waals surface area contributed by atoms with Gasteiger partial charge in [-0.3, -0.25) is 9.78 Å². The number of carboxylic acids is 1. The van der Waals surface area contributed by atoms with E-state index in [1.807, 2.05) is 0 Å². The quantitative estimate of drug-likeness (QED) is 0.748. The number of aromatic carboxylic acids is 1. The van der Waals surface area contributed by atoms with Crippen LogP contribution < -0.4 is 9.84 Å². The predicted molar refractivity (Wildman–Crippen MR) is 80.5 cm³/mol. The number of carboxylic acid groups (broad SMARTS) is 1. The monoisotopic (exact) mass is 381 g/mol. The predicted octanol–water partition coefficient (Wildman–Crippen LogP) is 0.641. The van der Waals surface area contributed by atoms with Crippen LogP contribution in [0.3, 0.4) is 0 Å². The Bertz CT molecular complexity index is 917. The highest BCUT2D eigenvalue weighted by molar-refractivity contribution is 6.01. The van der Waals surface area contributed by atoms with Gasteiger partial charge in [0.25, 0.3) is 5.91 Å². The molecule has 0 aromatic carbocycles. The minimum absolute atomic E-state index is 0.00161. The van der Waals surface area contributed by atoms with Gasteiger partial charge in [0.2, 0.25) is 5.88 Å². The van der Waals surface area contributed by atoms with Gasteiger partial charge in [-0.05, 0) is 13.0 Å². The van der Waals surface area contributed by atoms with Gasteiger partial charge < -0.3 is 19.5 Å². The van der Waals surface area contributed by atoms with Crippen LogP contribution >= 0.6 is 0 Å². The summed E-state index contributed by atoms with van der Waals surface area (Å²) in [5.41, 5.74) is 0.604. The third kappa shape index (κ3) is 3.96. The number of halogens is 3. The summed E-state index contributed by atoms with van der Waals surface area (Å²) in [4.78, 5) is 36.5. The first-order chi connectivity index (χ1) is 12.7. The van der Waals surface area contributed by atoms with Crippen molar-refractivity contribution in [2.24, 2.45) is 0 Å². The third-order valence-electron chi connectivity index (χ3n) is 3.79. The van der Waals surface area contributed by atoms with E-state index in [0.29, 0.717) is 5.69 Å². The number of pyridine rings is 1. The Morgan fingerprint density at radius 3 is 2.74 bits per heavy atom. The fourth-order valence-electron chi connectivity index (χ4n) is 2.67. The molecule has 2 aromatic heterocycles. The molecular formula is C16H12F3N4O4-. The Morgan fingerprint density at radius 2 is 2.11 bits per heavy atom. The van der Waals surface area contributed by atoms with Gasteiger partial charge >= 0.3 is 6.18 Å². The summed E-state index contributed by atoms with van der Waals surface area (Å²) in [5, 5.41) is 11.1. The zero-order valence-corrected chi connectivity index (χ0v) is 13.9. The number of carbonyl (C=O) groups is 2. The number of carbonyl (C=O) groups excluding carboxylic acids is 2. The van der Waals surface area contributed by atoms with Gasteiger partial charge in [-0.25, -0.2) is 9.97 Å². The fraction of sp³-hybridized carbons (Fsp3) is 0.312. The highest BCUT2D eigenvalue weighted by Crippen LogP contribution is 2.26. The lowest BCUT2D eigenvalue weighted by Crippen LogP contribution is -2.26. The van der Waals surface area contributed by atoms with Crippen molar-refractivity contribution in [3.8, 4) is 5.88 Å². The molecule has 0 bridgehead atoms. The van der Waals surface area contributed by atoms with Crippen molar-refractivity contribution in [3.05, 3.63) is 46.7 Å². The summed E-state index contributed by atoms with van der Waals surface area (Å²) in [5.74, 6) is -2.15. The Labute approximate surface area is 150 Å². The second-order valence-electron chi connectivity index (χ2n) is 5.79. The van der Waals surface area contributed by atoms with Crippen LogP contribution in [0.2, 0.25) is 0 Å². The zero-order chi connectivity index (χ0) is 19.8. The highest BCUT2D eigenvalue weighted by Gasteiger charge is 2.31. The van der Waals surface area contributed by atoms with E-state index in [9.17, 15) is 27.9 Å². The van der Waals surface area contributed by atoms with Gasteiger partial charge in [0.1, 0.15) is 0 Å². The van der Waals surface area contributed by atoms with Gasteiger partial charge in [-0.2, -0.15) is 13.2 Å². The molecule has 0 unspecified atom stereocenters. The van der Waals surface area contributed by atoms with E-state index in [0.717, 1.165) is 0 Å². The van der Waals surface area contributed by atoms with Crippen molar-refractivity contribution in [2.75, 3.05) is 6.61 Å². The molecule has 0 N–H and O–H groups in total. The maximum absolute atomic E-state index is 12.4. The topological polar surface area (TPSA) is 108 Å². The molecule has 1 aliphatic heterocycles. The molecule has 0 saturated carbocycles. The summed E-state index contributed by atoms with van der Waals surface area (Å²) >= 11 is 0. The van der Waals surface area contributed by atoms with Gasteiger partial charge in [0.05, 0.1) is 35.8 Å². The highest BCUT2D eigenvalue weighted by atomic mass is 19.4. The number of hydrogen-bond donors (Lipinski definition) is 0. The van der Waals surface area contributed by atoms with E-state index in [-0.39, 0.29) is 41.5 Å². The van der Waals surface area contributed by atoms with Crippen LogP contribution in [0.4, 0.5) is 13.2 Å². The molecule has 0 aliphatic carbocycles. The lowest BCUT2D eigenvalue weighted by atomic mass is 10.1. The van der Waals surface area contributed by atoms with Crippen LogP contribution in [0.15, 0.2) is 18.5 Å². The maximum atomic E-state index is 12.4. The van der Waals surface area contributed by atoms with Gasteiger partial charge in [0, 0.05) is 23.9 Å². The number of aryl methyl sites for hydroxylation is 1. The van der Waals surface area contributed by atoms with Crippen molar-refractivity contribution in [1.29, 1.82) is 0 Å². The number of rotatable bonds is 5. The standard InChI is InChI=1S/C16H13F3N4O4/c1-8-13(27-7-16(17,18)19)21-4-9(22-8)5-23-6-11-10(14(23)24)2-3-20-12(11)15(25)26/h2-4H,5-7H2,1H3,(H,25,26)/p-1. The molecule has 0 saturated heterocycles. The molecule has 2 aromatic rings. The lowest BCUT2D eigenvalue weighted by Gasteiger charge is -2.16. The number of hydrogen-bond acceptors (Lipinski definition) is 7. The average molecular weight is 381 g/mol. The van der Waals surface area contributed by atoms with E-state index in [4.69, 9.17) is 0 Å². The normalized spacial score (nSPS) is 13.6. The minimum Gasteiger partial charge on any atom is -0.543 e. The number of amides is 1. The smallest absolute Gasteiger partial charge is 0.422 e. The Hall–Kier alpha value is -3.24. The molecular weight excluding hydrogens is 369 g/mol. The Balaban J connectivity index is 1.75. The number of nitrogens with zero attached hydrogens (tertiary/aromatic N) is 4. The fourth-order valence-corrected chi connectivity index (χ4v) is 2.67. The Morgan fingerprint density at radius 1 is 1.37 bits per heavy atom. The summed E-state index contributed by atoms with van der Waals surface area (Å²) in [6.45, 7) is -0.0621. The molecule has 1 amide bonds. The lowest BCUT2D eigenvalue weighted by molar-refractivity contribution is -0.255. The summed E-state index contributed by atoms with van der Waals surface area (Å²) in [6.07, 6.45) is -2.08. The van der Waals surface area contributed by atoms with E-state index < -0.39 is 24.7 Å². The molecule has 142 valence electrons. The summed E-state index contributed by atoms with van der Waals surface area (Å²) in [6, 6.07) is 1.41. The summed E-state index contributed by atoms with van der Waals surface area (Å²) < 4.78 is 41.2. The second kappa shape index (κ2) is 6.82. The van der Waals surface area contributed by atoms with Crippen molar-refractivity contribution in [3.63, 3.8) is 0 Å². The summed E-state index contributed by atoms with van der Waals surface area (Å²) in [7, 11) is 0. The molecule has 0 fully saturated rings. The van der Waals surface area contributed by atoms with Crippen LogP contribution in [0, 0.1) is 6.92 Å². The first kappa shape index (κ1) is 18.5. The van der Waals surface area contributed by atoms with Gasteiger partial charge in [0.15, 0.2) is 6.61 Å². The van der Waals surface area contributed by atoms with Crippen LogP contribution in [-0.2, 0) is 13.1 Å². The van der Waals surface area contributed by atoms with Crippen LogP contribution in [-0.4, -0.2) is 44.5 Å². The maximum Gasteiger partial charge on any atom is 0.422 e. The molecule has 1 aliphatic rings. The largest absolute Gasteiger partial charge is 0.543 e. The number of fused-ring (bicyclic) bond motifs is 1. The van der Waals surface area contributed by atoms with Crippen molar-refractivity contribution < 1.29 is 32.6 Å². The molecule has 0 radical (unpaired) electrons. The Kier molecular flexibility index (Phi) is 4.68. The van der Waals surface area contributed by atoms with Crippen molar-refractivity contribution >= 4 is 11.9 Å². The second-order valence-corrected chi connectivity index (χ2v) is 5.79. The number of ether oxygens (including phenoxy) is 1. The first-order valence-corrected chi connectivity index (χ1v) is 7.66. The van der Waals surface area contributed by atoms with Crippen LogP contribution in [0.25, 0.3) is 0 Å². The molecule has 3 rings (SSSR count). The molecule has 3 heterocycles. The van der Waals surface area contributed by atoms with Gasteiger partial charge in [-0.15, -0.1) is 0 Å².